The number of nitrogens with one attached hydrogen (secondary N) is 1. The lowest BCUT2D eigenvalue weighted by Gasteiger charge is -2.16. The molecule has 1 aliphatic rings. The van der Waals surface area contributed by atoms with Crippen LogP contribution in [0.1, 0.15) is 17.2 Å². The van der Waals surface area contributed by atoms with Crippen LogP contribution >= 0.6 is 0 Å². The van der Waals surface area contributed by atoms with Gasteiger partial charge in [-0.2, -0.15) is 0 Å². The number of ether oxygens (including phenoxy) is 3. The van der Waals surface area contributed by atoms with Crippen LogP contribution in [0.4, 0.5) is 5.69 Å². The van der Waals surface area contributed by atoms with Crippen molar-refractivity contribution in [1.29, 1.82) is 0 Å². The average Bonchev–Trinajstić information content (AvgIpc) is 3.12. The van der Waals surface area contributed by atoms with Crippen molar-refractivity contribution in [2.24, 2.45) is 0 Å². The van der Waals surface area contributed by atoms with Crippen molar-refractivity contribution in [3.8, 4) is 11.5 Å². The van der Waals surface area contributed by atoms with E-state index in [1.54, 1.807) is 25.3 Å². The molecule has 1 aliphatic heterocycles. The molecule has 2 heterocycles. The summed E-state index contributed by atoms with van der Waals surface area (Å²) in [5, 5.41) is 3.41. The molecule has 0 spiro atoms. The number of rotatable bonds is 8. The molecule has 33 heavy (non-hydrogen) atoms. The summed E-state index contributed by atoms with van der Waals surface area (Å²) in [5.41, 5.74) is 2.08. The Morgan fingerprint density at radius 2 is 1.85 bits per heavy atom. The summed E-state index contributed by atoms with van der Waals surface area (Å²) in [4.78, 5) is 21.8. The van der Waals surface area contributed by atoms with Crippen molar-refractivity contribution in [3.05, 3.63) is 47.9 Å². The molecule has 1 N–H and O–H groups in total. The highest BCUT2D eigenvalue weighted by molar-refractivity contribution is 7.89. The number of benzene rings is 2. The number of hydrogen-bond acceptors (Lipinski definition) is 8. The van der Waals surface area contributed by atoms with Gasteiger partial charge in [-0.25, -0.2) is 22.7 Å². The van der Waals surface area contributed by atoms with Gasteiger partial charge < -0.3 is 19.5 Å². The Morgan fingerprint density at radius 3 is 2.55 bits per heavy atom. The third-order valence-electron chi connectivity index (χ3n) is 5.40. The van der Waals surface area contributed by atoms with Gasteiger partial charge in [0.25, 0.3) is 0 Å². The standard InChI is InChI=1S/C22H24N4O6S/c1-26(2)33(28,29)13-5-6-16-14(9-13)20(22(27)25-16)21-15-10-18(31-4)19(32-8-7-30-3)11-17(15)23-12-24-21/h5-6,9-12,20H,7-8H2,1-4H3,(H,25,27). The lowest BCUT2D eigenvalue weighted by atomic mass is 9.94. The Kier molecular flexibility index (Phi) is 6.19. The number of carbonyl (C=O) groups excluding carboxylic acids is 1. The summed E-state index contributed by atoms with van der Waals surface area (Å²) >= 11 is 0. The number of amides is 1. The van der Waals surface area contributed by atoms with Gasteiger partial charge in [0.05, 0.1) is 29.8 Å². The molecule has 1 aromatic heterocycles. The molecule has 11 heteroatoms. The SMILES string of the molecule is COCCOc1cc2ncnc(C3C(=O)Nc4ccc(S(=O)(=O)N(C)C)cc43)c2cc1OC. The second-order valence-corrected chi connectivity index (χ2v) is 9.73. The van der Waals surface area contributed by atoms with Gasteiger partial charge in [0.15, 0.2) is 11.5 Å². The normalized spacial score (nSPS) is 15.5. The Labute approximate surface area is 191 Å². The first-order valence-corrected chi connectivity index (χ1v) is 11.5. The monoisotopic (exact) mass is 472 g/mol. The highest BCUT2D eigenvalue weighted by Gasteiger charge is 2.36. The Hall–Kier alpha value is -3.28. The molecule has 0 bridgehead atoms. The molecule has 4 rings (SSSR count). The highest BCUT2D eigenvalue weighted by atomic mass is 32.2. The van der Waals surface area contributed by atoms with E-state index >= 15 is 0 Å². The van der Waals surface area contributed by atoms with Gasteiger partial charge >= 0.3 is 0 Å². The van der Waals surface area contributed by atoms with Crippen LogP contribution in [0.25, 0.3) is 10.9 Å². The third kappa shape index (κ3) is 4.10. The van der Waals surface area contributed by atoms with E-state index in [1.807, 2.05) is 0 Å². The largest absolute Gasteiger partial charge is 0.493 e. The van der Waals surface area contributed by atoms with Crippen molar-refractivity contribution in [2.45, 2.75) is 10.8 Å². The van der Waals surface area contributed by atoms with Crippen LogP contribution in [0, 0.1) is 0 Å². The average molecular weight is 473 g/mol. The van der Waals surface area contributed by atoms with Crippen LogP contribution in [-0.2, 0) is 19.6 Å². The van der Waals surface area contributed by atoms with Gasteiger partial charge in [-0.05, 0) is 29.8 Å². The van der Waals surface area contributed by atoms with Crippen LogP contribution in [0.2, 0.25) is 0 Å². The lowest BCUT2D eigenvalue weighted by Crippen LogP contribution is -2.22. The molecule has 0 radical (unpaired) electrons. The maximum Gasteiger partial charge on any atom is 0.242 e. The van der Waals surface area contributed by atoms with Crippen molar-refractivity contribution in [3.63, 3.8) is 0 Å². The Balaban J connectivity index is 1.84. The molecular formula is C22H24N4O6S. The lowest BCUT2D eigenvalue weighted by molar-refractivity contribution is -0.116. The van der Waals surface area contributed by atoms with E-state index in [-0.39, 0.29) is 10.8 Å². The summed E-state index contributed by atoms with van der Waals surface area (Å²) in [6.45, 7) is 0.741. The predicted molar refractivity (Wildman–Crippen MR) is 121 cm³/mol. The van der Waals surface area contributed by atoms with E-state index in [0.29, 0.717) is 52.6 Å². The van der Waals surface area contributed by atoms with E-state index in [0.717, 1.165) is 4.31 Å². The smallest absolute Gasteiger partial charge is 0.242 e. The number of sulfonamides is 1. The maximum absolute atomic E-state index is 13.0. The summed E-state index contributed by atoms with van der Waals surface area (Å²) in [6.07, 6.45) is 1.37. The second-order valence-electron chi connectivity index (χ2n) is 7.58. The third-order valence-corrected chi connectivity index (χ3v) is 7.21. The first kappa shape index (κ1) is 22.9. The molecule has 1 amide bonds. The van der Waals surface area contributed by atoms with E-state index in [9.17, 15) is 13.2 Å². The van der Waals surface area contributed by atoms with Crippen LogP contribution in [0.15, 0.2) is 41.6 Å². The van der Waals surface area contributed by atoms with Gasteiger partial charge in [0.1, 0.15) is 18.9 Å². The zero-order chi connectivity index (χ0) is 23.8. The molecule has 0 fully saturated rings. The first-order valence-electron chi connectivity index (χ1n) is 10.1. The number of hydrogen-bond donors (Lipinski definition) is 1. The fourth-order valence-corrected chi connectivity index (χ4v) is 4.64. The predicted octanol–water partition coefficient (Wildman–Crippen LogP) is 2.00. The molecule has 0 saturated carbocycles. The zero-order valence-corrected chi connectivity index (χ0v) is 19.5. The van der Waals surface area contributed by atoms with Gasteiger partial charge in [-0.3, -0.25) is 4.79 Å². The number of aromatic nitrogens is 2. The fraction of sp³-hybridized carbons (Fsp3) is 0.318. The topological polar surface area (TPSA) is 120 Å². The molecule has 10 nitrogen and oxygen atoms in total. The molecule has 0 saturated heterocycles. The molecule has 2 aromatic carbocycles. The number of fused-ring (bicyclic) bond motifs is 2. The minimum Gasteiger partial charge on any atom is -0.493 e. The number of methoxy groups -OCH3 is 2. The number of anilines is 1. The van der Waals surface area contributed by atoms with Crippen molar-refractivity contribution in [2.75, 3.05) is 46.8 Å². The van der Waals surface area contributed by atoms with Crippen LogP contribution in [0.5, 0.6) is 11.5 Å². The van der Waals surface area contributed by atoms with Crippen LogP contribution in [-0.4, -0.2) is 70.1 Å². The molecule has 0 aliphatic carbocycles. The van der Waals surface area contributed by atoms with Gasteiger partial charge in [-0.15, -0.1) is 0 Å². The summed E-state index contributed by atoms with van der Waals surface area (Å²) in [5.74, 6) is -0.170. The molecular weight excluding hydrogens is 448 g/mol. The number of nitrogens with zero attached hydrogens (tertiary/aromatic N) is 3. The quantitative estimate of drug-likeness (QED) is 0.495. The van der Waals surface area contributed by atoms with E-state index in [4.69, 9.17) is 14.2 Å². The van der Waals surface area contributed by atoms with Crippen molar-refractivity contribution >= 4 is 32.5 Å². The summed E-state index contributed by atoms with van der Waals surface area (Å²) < 4.78 is 42.7. The molecule has 174 valence electrons. The zero-order valence-electron chi connectivity index (χ0n) is 18.7. The van der Waals surface area contributed by atoms with Gasteiger partial charge in [0, 0.05) is 38.3 Å². The Bertz CT molecular complexity index is 1330. The van der Waals surface area contributed by atoms with E-state index in [1.165, 1.54) is 39.7 Å². The van der Waals surface area contributed by atoms with Gasteiger partial charge in [0.2, 0.25) is 15.9 Å². The minimum atomic E-state index is -3.68. The second kappa shape index (κ2) is 8.93. The first-order chi connectivity index (χ1) is 15.8. The van der Waals surface area contributed by atoms with Crippen molar-refractivity contribution in [1.82, 2.24) is 14.3 Å². The van der Waals surface area contributed by atoms with Crippen LogP contribution < -0.4 is 14.8 Å². The molecule has 1 atom stereocenters. The van der Waals surface area contributed by atoms with Crippen molar-refractivity contribution < 1.29 is 27.4 Å². The highest BCUT2D eigenvalue weighted by Crippen LogP contribution is 2.41. The molecule has 3 aromatic rings. The van der Waals surface area contributed by atoms with E-state index < -0.39 is 15.9 Å². The minimum absolute atomic E-state index is 0.0949. The molecule has 1 unspecified atom stereocenters. The Morgan fingerprint density at radius 1 is 1.06 bits per heavy atom. The van der Waals surface area contributed by atoms with Crippen LogP contribution in [0.3, 0.4) is 0 Å². The van der Waals surface area contributed by atoms with E-state index in [2.05, 4.69) is 15.3 Å². The summed E-state index contributed by atoms with van der Waals surface area (Å²) in [6, 6.07) is 8.02. The maximum atomic E-state index is 13.0. The fourth-order valence-electron chi connectivity index (χ4n) is 3.70. The summed E-state index contributed by atoms with van der Waals surface area (Å²) in [7, 11) is 2.34. The van der Waals surface area contributed by atoms with Gasteiger partial charge in [-0.1, -0.05) is 0 Å². The number of carbonyl (C=O) groups is 1.